The number of benzene rings is 3. The summed E-state index contributed by atoms with van der Waals surface area (Å²) >= 11 is 1.30. The fourth-order valence-electron chi connectivity index (χ4n) is 3.43. The number of thioether (sulfide) groups is 1. The fourth-order valence-corrected chi connectivity index (χ4v) is 4.19. The van der Waals surface area contributed by atoms with Crippen molar-refractivity contribution in [3.05, 3.63) is 90.2 Å². The topological polar surface area (TPSA) is 69.0 Å². The largest absolute Gasteiger partial charge is 0.496 e. The van der Waals surface area contributed by atoms with Crippen LogP contribution in [-0.2, 0) is 4.79 Å². The molecule has 0 saturated carbocycles. The van der Waals surface area contributed by atoms with E-state index >= 15 is 0 Å². The standard InChI is InChI=1S/C25H23FN4O2S/c1-17(18-12-14-19(26)15-13-18)27-23(31)16-33-25-29-28-24(21-10-6-7-11-22(21)32-2)30(25)20-8-4-3-5-9-20/h3-15,17H,16H2,1-2H3,(H,27,31)/t17-/m0/s1. The number of nitrogens with one attached hydrogen (secondary N) is 1. The van der Waals surface area contributed by atoms with Crippen LogP contribution in [0.3, 0.4) is 0 Å². The molecule has 6 nitrogen and oxygen atoms in total. The Bertz CT molecular complexity index is 1230. The van der Waals surface area contributed by atoms with Crippen LogP contribution in [0.2, 0.25) is 0 Å². The summed E-state index contributed by atoms with van der Waals surface area (Å²) in [7, 11) is 1.62. The number of nitrogens with zero attached hydrogens (tertiary/aromatic N) is 3. The summed E-state index contributed by atoms with van der Waals surface area (Å²) in [5, 5.41) is 12.3. The minimum atomic E-state index is -0.307. The summed E-state index contributed by atoms with van der Waals surface area (Å²) in [4.78, 5) is 12.6. The second kappa shape index (κ2) is 10.3. The van der Waals surface area contributed by atoms with Gasteiger partial charge in [-0.1, -0.05) is 54.2 Å². The van der Waals surface area contributed by atoms with Crippen LogP contribution in [0.25, 0.3) is 17.1 Å². The minimum absolute atomic E-state index is 0.154. The van der Waals surface area contributed by atoms with E-state index in [1.807, 2.05) is 66.1 Å². The maximum atomic E-state index is 13.2. The zero-order valence-corrected chi connectivity index (χ0v) is 19.1. The quantitative estimate of drug-likeness (QED) is 0.371. The zero-order chi connectivity index (χ0) is 23.2. The van der Waals surface area contributed by atoms with Crippen LogP contribution in [0, 0.1) is 5.82 Å². The normalized spacial score (nSPS) is 11.7. The summed E-state index contributed by atoms with van der Waals surface area (Å²) in [5.41, 5.74) is 2.52. The molecule has 1 atom stereocenters. The first-order valence-electron chi connectivity index (χ1n) is 10.4. The Kier molecular flexibility index (Phi) is 7.04. The average molecular weight is 463 g/mol. The molecule has 0 aliphatic carbocycles. The first-order valence-corrected chi connectivity index (χ1v) is 11.4. The number of methoxy groups -OCH3 is 1. The number of carbonyl (C=O) groups is 1. The van der Waals surface area contributed by atoms with Gasteiger partial charge in [0.1, 0.15) is 11.6 Å². The van der Waals surface area contributed by atoms with Gasteiger partial charge in [-0.2, -0.15) is 0 Å². The summed E-state index contributed by atoms with van der Waals surface area (Å²) in [6.07, 6.45) is 0. The van der Waals surface area contributed by atoms with Crippen molar-refractivity contribution in [3.63, 3.8) is 0 Å². The smallest absolute Gasteiger partial charge is 0.230 e. The second-order valence-electron chi connectivity index (χ2n) is 7.31. The lowest BCUT2D eigenvalue weighted by Gasteiger charge is -2.15. The summed E-state index contributed by atoms with van der Waals surface area (Å²) in [5.74, 6) is 1.01. The molecule has 0 unspecified atom stereocenters. The Morgan fingerprint density at radius 2 is 1.73 bits per heavy atom. The predicted octanol–water partition coefficient (Wildman–Crippen LogP) is 5.05. The SMILES string of the molecule is COc1ccccc1-c1nnc(SCC(=O)N[C@@H](C)c2ccc(F)cc2)n1-c1ccccc1. The first kappa shape index (κ1) is 22.5. The van der Waals surface area contributed by atoms with Crippen LogP contribution in [0.4, 0.5) is 4.39 Å². The highest BCUT2D eigenvalue weighted by molar-refractivity contribution is 7.99. The van der Waals surface area contributed by atoms with Crippen molar-refractivity contribution in [3.8, 4) is 22.8 Å². The van der Waals surface area contributed by atoms with Gasteiger partial charge in [-0.3, -0.25) is 9.36 Å². The third-order valence-electron chi connectivity index (χ3n) is 5.08. The molecule has 1 amide bonds. The van der Waals surface area contributed by atoms with Gasteiger partial charge in [-0.15, -0.1) is 10.2 Å². The molecular weight excluding hydrogens is 439 g/mol. The number of halogens is 1. The minimum Gasteiger partial charge on any atom is -0.496 e. The highest BCUT2D eigenvalue weighted by Crippen LogP contribution is 2.33. The van der Waals surface area contributed by atoms with E-state index in [1.165, 1.54) is 23.9 Å². The molecule has 4 rings (SSSR count). The van der Waals surface area contributed by atoms with Gasteiger partial charge >= 0.3 is 0 Å². The van der Waals surface area contributed by atoms with Gasteiger partial charge in [0.15, 0.2) is 11.0 Å². The molecule has 0 radical (unpaired) electrons. The Morgan fingerprint density at radius 3 is 2.45 bits per heavy atom. The van der Waals surface area contributed by atoms with Gasteiger partial charge in [-0.05, 0) is 48.9 Å². The van der Waals surface area contributed by atoms with Crippen molar-refractivity contribution in [1.82, 2.24) is 20.1 Å². The number of aromatic nitrogens is 3. The molecule has 1 aromatic heterocycles. The highest BCUT2D eigenvalue weighted by atomic mass is 32.2. The van der Waals surface area contributed by atoms with Crippen molar-refractivity contribution in [1.29, 1.82) is 0 Å². The van der Waals surface area contributed by atoms with Gasteiger partial charge in [0.2, 0.25) is 5.91 Å². The molecule has 1 N–H and O–H groups in total. The van der Waals surface area contributed by atoms with Crippen molar-refractivity contribution in [2.24, 2.45) is 0 Å². The van der Waals surface area contributed by atoms with E-state index in [1.54, 1.807) is 19.2 Å². The molecule has 8 heteroatoms. The van der Waals surface area contributed by atoms with Crippen LogP contribution in [-0.4, -0.2) is 33.5 Å². The lowest BCUT2D eigenvalue weighted by molar-refractivity contribution is -0.119. The van der Waals surface area contributed by atoms with Gasteiger partial charge in [0, 0.05) is 5.69 Å². The molecule has 0 fully saturated rings. The molecule has 33 heavy (non-hydrogen) atoms. The Labute approximate surface area is 195 Å². The lowest BCUT2D eigenvalue weighted by Crippen LogP contribution is -2.28. The number of amides is 1. The number of carbonyl (C=O) groups excluding carboxylic acids is 1. The summed E-state index contributed by atoms with van der Waals surface area (Å²) in [6.45, 7) is 1.86. The second-order valence-corrected chi connectivity index (χ2v) is 8.25. The maximum absolute atomic E-state index is 13.2. The van der Waals surface area contributed by atoms with E-state index in [9.17, 15) is 9.18 Å². The van der Waals surface area contributed by atoms with Crippen molar-refractivity contribution >= 4 is 17.7 Å². The molecule has 0 bridgehead atoms. The fraction of sp³-hybridized carbons (Fsp3) is 0.160. The van der Waals surface area contributed by atoms with Crippen molar-refractivity contribution in [2.75, 3.05) is 12.9 Å². The molecular formula is C25H23FN4O2S. The van der Waals surface area contributed by atoms with Gasteiger partial charge in [-0.25, -0.2) is 4.39 Å². The molecule has 1 heterocycles. The highest BCUT2D eigenvalue weighted by Gasteiger charge is 2.20. The number of rotatable bonds is 8. The molecule has 0 saturated heterocycles. The zero-order valence-electron chi connectivity index (χ0n) is 18.2. The number of hydrogen-bond donors (Lipinski definition) is 1. The number of ether oxygens (including phenoxy) is 1. The van der Waals surface area contributed by atoms with Crippen molar-refractivity contribution in [2.45, 2.75) is 18.1 Å². The molecule has 0 aliphatic rings. The Morgan fingerprint density at radius 1 is 1.03 bits per heavy atom. The van der Waals surface area contributed by atoms with Gasteiger partial charge in [0.05, 0.1) is 24.5 Å². The van der Waals surface area contributed by atoms with Gasteiger partial charge < -0.3 is 10.1 Å². The molecule has 3 aromatic carbocycles. The molecule has 0 spiro atoms. The molecule has 0 aliphatic heterocycles. The van der Waals surface area contributed by atoms with Crippen LogP contribution in [0.5, 0.6) is 5.75 Å². The predicted molar refractivity (Wildman–Crippen MR) is 127 cm³/mol. The number of hydrogen-bond acceptors (Lipinski definition) is 5. The van der Waals surface area contributed by atoms with E-state index in [2.05, 4.69) is 15.5 Å². The maximum Gasteiger partial charge on any atom is 0.230 e. The molecule has 4 aromatic rings. The van der Waals surface area contributed by atoms with E-state index in [0.29, 0.717) is 16.7 Å². The van der Waals surface area contributed by atoms with Crippen LogP contribution >= 0.6 is 11.8 Å². The monoisotopic (exact) mass is 462 g/mol. The van der Waals surface area contributed by atoms with E-state index in [-0.39, 0.29) is 23.5 Å². The van der Waals surface area contributed by atoms with Crippen LogP contribution in [0.15, 0.2) is 84.0 Å². The van der Waals surface area contributed by atoms with E-state index < -0.39 is 0 Å². The van der Waals surface area contributed by atoms with E-state index in [4.69, 9.17) is 4.74 Å². The third-order valence-corrected chi connectivity index (χ3v) is 6.00. The first-order chi connectivity index (χ1) is 16.1. The summed E-state index contributed by atoms with van der Waals surface area (Å²) < 4.78 is 20.6. The number of para-hydroxylation sites is 2. The third kappa shape index (κ3) is 5.23. The van der Waals surface area contributed by atoms with E-state index in [0.717, 1.165) is 16.8 Å². The lowest BCUT2D eigenvalue weighted by atomic mass is 10.1. The van der Waals surface area contributed by atoms with Crippen LogP contribution < -0.4 is 10.1 Å². The van der Waals surface area contributed by atoms with Crippen molar-refractivity contribution < 1.29 is 13.9 Å². The molecule has 168 valence electrons. The Hall–Kier alpha value is -3.65. The van der Waals surface area contributed by atoms with Crippen LogP contribution in [0.1, 0.15) is 18.5 Å². The Balaban J connectivity index is 1.56. The summed E-state index contributed by atoms with van der Waals surface area (Å²) in [6, 6.07) is 23.2. The average Bonchev–Trinajstić information content (AvgIpc) is 3.27. The van der Waals surface area contributed by atoms with Gasteiger partial charge in [0.25, 0.3) is 0 Å².